The Morgan fingerprint density at radius 2 is 1.70 bits per heavy atom. The highest BCUT2D eigenvalue weighted by Gasteiger charge is 2.41. The molecule has 1 atom stereocenters. The first-order valence-corrected chi connectivity index (χ1v) is 5.91. The van der Waals surface area contributed by atoms with E-state index in [-0.39, 0.29) is 0 Å². The number of carboxylic acid groups (broad SMARTS) is 1. The van der Waals surface area contributed by atoms with Crippen molar-refractivity contribution in [1.29, 1.82) is 0 Å². The number of halogens is 3. The van der Waals surface area contributed by atoms with E-state index in [1.807, 2.05) is 0 Å². The van der Waals surface area contributed by atoms with Gasteiger partial charge in [-0.2, -0.15) is 13.2 Å². The lowest BCUT2D eigenvalue weighted by Crippen LogP contribution is -2.49. The largest absolute Gasteiger partial charge is 0.481 e. The Hall–Kier alpha value is -1.80. The molecule has 116 valence electrons. The van der Waals surface area contributed by atoms with Gasteiger partial charge in [0.05, 0.1) is 6.42 Å². The van der Waals surface area contributed by atoms with Crippen LogP contribution in [-0.4, -0.2) is 41.3 Å². The number of nitrogens with one attached hydrogen (secondary N) is 1. The van der Waals surface area contributed by atoms with Gasteiger partial charge in [-0.15, -0.1) is 0 Å². The summed E-state index contributed by atoms with van der Waals surface area (Å²) in [5.41, 5.74) is 0. The van der Waals surface area contributed by atoms with Gasteiger partial charge in [-0.05, 0) is 12.8 Å². The molecule has 0 aliphatic rings. The van der Waals surface area contributed by atoms with Gasteiger partial charge in [-0.25, -0.2) is 4.79 Å². The van der Waals surface area contributed by atoms with Crippen LogP contribution in [0.5, 0.6) is 0 Å². The van der Waals surface area contributed by atoms with Crippen LogP contribution in [0, 0.1) is 0 Å². The maximum absolute atomic E-state index is 12.1. The first-order valence-electron chi connectivity index (χ1n) is 5.91. The van der Waals surface area contributed by atoms with Gasteiger partial charge in [0.2, 0.25) is 0 Å². The summed E-state index contributed by atoms with van der Waals surface area (Å²) in [6.45, 7) is 3.39. The summed E-state index contributed by atoms with van der Waals surface area (Å²) in [4.78, 5) is 32.9. The minimum Gasteiger partial charge on any atom is -0.481 e. The zero-order valence-electron chi connectivity index (χ0n) is 11.0. The molecule has 0 unspecified atom stereocenters. The first kappa shape index (κ1) is 18.2. The molecule has 0 radical (unpaired) electrons. The van der Waals surface area contributed by atoms with E-state index in [0.717, 1.165) is 0 Å². The monoisotopic (exact) mass is 299 g/mol. The Labute approximate surface area is 113 Å². The molecule has 2 N–H and O–H groups in total. The van der Waals surface area contributed by atoms with Crippen molar-refractivity contribution in [2.75, 3.05) is 0 Å². The minimum absolute atomic E-state index is 0.426. The van der Waals surface area contributed by atoms with Gasteiger partial charge in [-0.1, -0.05) is 13.8 Å². The molecule has 0 heterocycles. The third-order valence-corrected chi connectivity index (χ3v) is 2.42. The second-order valence-electron chi connectivity index (χ2n) is 4.00. The van der Waals surface area contributed by atoms with Crippen LogP contribution in [0.15, 0.2) is 0 Å². The number of esters is 1. The number of amides is 1. The molecule has 0 aliphatic carbocycles. The number of carboxylic acids is 1. The van der Waals surface area contributed by atoms with Crippen LogP contribution in [0.2, 0.25) is 0 Å². The van der Waals surface area contributed by atoms with E-state index in [1.54, 1.807) is 13.8 Å². The zero-order chi connectivity index (χ0) is 15.9. The van der Waals surface area contributed by atoms with Crippen LogP contribution in [0.3, 0.4) is 0 Å². The first-order chi connectivity index (χ1) is 9.11. The number of aliphatic carboxylic acids is 1. The normalized spacial score (nSPS) is 12.9. The fourth-order valence-corrected chi connectivity index (χ4v) is 1.31. The van der Waals surface area contributed by atoms with Crippen molar-refractivity contribution in [1.82, 2.24) is 5.32 Å². The van der Waals surface area contributed by atoms with Gasteiger partial charge in [0.25, 0.3) is 0 Å². The van der Waals surface area contributed by atoms with Gasteiger partial charge < -0.3 is 15.2 Å². The van der Waals surface area contributed by atoms with Crippen molar-refractivity contribution in [3.05, 3.63) is 0 Å². The minimum atomic E-state index is -5.20. The lowest BCUT2D eigenvalue weighted by Gasteiger charge is -2.20. The van der Waals surface area contributed by atoms with Crippen LogP contribution >= 0.6 is 0 Å². The third-order valence-electron chi connectivity index (χ3n) is 2.42. The quantitative estimate of drug-likeness (QED) is 0.690. The zero-order valence-corrected chi connectivity index (χ0v) is 11.0. The summed E-state index contributed by atoms with van der Waals surface area (Å²) < 4.78 is 41.1. The molecular weight excluding hydrogens is 283 g/mol. The van der Waals surface area contributed by atoms with Crippen molar-refractivity contribution in [3.8, 4) is 0 Å². The van der Waals surface area contributed by atoms with E-state index < -0.39 is 42.6 Å². The molecule has 0 fully saturated rings. The average Bonchev–Trinajstić information content (AvgIpc) is 2.32. The third kappa shape index (κ3) is 6.39. The second-order valence-corrected chi connectivity index (χ2v) is 4.00. The molecule has 0 aromatic carbocycles. The molecule has 9 heteroatoms. The van der Waals surface area contributed by atoms with Crippen molar-refractivity contribution < 1.29 is 37.4 Å². The molecule has 0 spiro atoms. The Morgan fingerprint density at radius 1 is 1.20 bits per heavy atom. The smallest absolute Gasteiger partial charge is 0.471 e. The molecule has 0 saturated heterocycles. The predicted molar refractivity (Wildman–Crippen MR) is 60.7 cm³/mol. The van der Waals surface area contributed by atoms with Crippen LogP contribution in [0.4, 0.5) is 13.2 Å². The van der Waals surface area contributed by atoms with Crippen molar-refractivity contribution in [2.45, 2.75) is 51.4 Å². The molecule has 1 amide bonds. The fraction of sp³-hybridized carbons (Fsp3) is 0.727. The number of carbonyl (C=O) groups is 3. The van der Waals surface area contributed by atoms with Crippen LogP contribution in [0.25, 0.3) is 0 Å². The van der Waals surface area contributed by atoms with E-state index in [4.69, 9.17) is 9.84 Å². The molecule has 0 bridgehead atoms. The van der Waals surface area contributed by atoms with Gasteiger partial charge in [-0.3, -0.25) is 9.59 Å². The Morgan fingerprint density at radius 3 is 2.05 bits per heavy atom. The van der Waals surface area contributed by atoms with E-state index >= 15 is 0 Å². The van der Waals surface area contributed by atoms with Gasteiger partial charge in [0.1, 0.15) is 12.1 Å². The number of hydrogen-bond donors (Lipinski definition) is 2. The highest BCUT2D eigenvalue weighted by molar-refractivity contribution is 5.89. The summed E-state index contributed by atoms with van der Waals surface area (Å²) in [5, 5.41) is 9.88. The van der Waals surface area contributed by atoms with Gasteiger partial charge in [0, 0.05) is 0 Å². The molecule has 0 aromatic heterocycles. The molecular formula is C11H16F3NO5. The second kappa shape index (κ2) is 7.71. The maximum atomic E-state index is 12.1. The van der Waals surface area contributed by atoms with E-state index in [1.165, 1.54) is 5.32 Å². The lowest BCUT2D eigenvalue weighted by molar-refractivity contribution is -0.177. The summed E-state index contributed by atoms with van der Waals surface area (Å²) in [5.74, 6) is -5.11. The molecule has 6 nitrogen and oxygen atoms in total. The highest BCUT2D eigenvalue weighted by Crippen LogP contribution is 2.15. The van der Waals surface area contributed by atoms with Crippen molar-refractivity contribution in [3.63, 3.8) is 0 Å². The fourth-order valence-electron chi connectivity index (χ4n) is 1.31. The van der Waals surface area contributed by atoms with Gasteiger partial charge >= 0.3 is 24.0 Å². The lowest BCUT2D eigenvalue weighted by atomic mass is 10.2. The highest BCUT2D eigenvalue weighted by atomic mass is 19.4. The summed E-state index contributed by atoms with van der Waals surface area (Å²) in [6, 6.07) is -1.87. The number of carbonyl (C=O) groups excluding carboxylic acids is 2. The van der Waals surface area contributed by atoms with Crippen LogP contribution in [0.1, 0.15) is 33.1 Å². The molecule has 20 heavy (non-hydrogen) atoms. The van der Waals surface area contributed by atoms with Crippen LogP contribution in [-0.2, 0) is 19.1 Å². The molecule has 0 rings (SSSR count). The Kier molecular flexibility index (Phi) is 7.01. The standard InChI is InChI=1S/C11H16F3NO5/c1-3-6(4-2)20-9(18)7(5-8(16)17)15-10(19)11(12,13)14/h6-7H,3-5H2,1-2H3,(H,15,19)(H,16,17)/t7-/m0/s1. The molecule has 0 saturated carbocycles. The molecule has 0 aliphatic heterocycles. The number of alkyl halides is 3. The maximum Gasteiger partial charge on any atom is 0.471 e. The number of ether oxygens (including phenoxy) is 1. The summed E-state index contributed by atoms with van der Waals surface area (Å²) in [7, 11) is 0. The number of rotatable bonds is 7. The average molecular weight is 299 g/mol. The van der Waals surface area contributed by atoms with Crippen molar-refractivity contribution >= 4 is 17.8 Å². The summed E-state index contributed by atoms with van der Waals surface area (Å²) in [6.07, 6.45) is -5.88. The van der Waals surface area contributed by atoms with E-state index in [9.17, 15) is 27.6 Å². The summed E-state index contributed by atoms with van der Waals surface area (Å²) >= 11 is 0. The number of hydrogen-bond acceptors (Lipinski definition) is 4. The van der Waals surface area contributed by atoms with Crippen molar-refractivity contribution in [2.24, 2.45) is 0 Å². The van der Waals surface area contributed by atoms with Gasteiger partial charge in [0.15, 0.2) is 0 Å². The SMILES string of the molecule is CCC(CC)OC(=O)[C@H](CC(=O)O)NC(=O)C(F)(F)F. The molecule has 0 aromatic rings. The van der Waals surface area contributed by atoms with E-state index in [2.05, 4.69) is 0 Å². The predicted octanol–water partition coefficient (Wildman–Crippen LogP) is 1.24. The van der Waals surface area contributed by atoms with E-state index in [0.29, 0.717) is 12.8 Å². The van der Waals surface area contributed by atoms with Crippen LogP contribution < -0.4 is 5.32 Å². The Balaban J connectivity index is 4.83. The topological polar surface area (TPSA) is 92.7 Å². The Bertz CT molecular complexity index is 366.